The van der Waals surface area contributed by atoms with Crippen molar-refractivity contribution in [3.63, 3.8) is 0 Å². The van der Waals surface area contributed by atoms with Crippen LogP contribution < -0.4 is 14.9 Å². The number of aryl methyl sites for hydroxylation is 1. The second-order valence-electron chi connectivity index (χ2n) is 9.37. The second-order valence-corrected chi connectivity index (χ2v) is 11.1. The highest BCUT2D eigenvalue weighted by molar-refractivity contribution is 7.87. The van der Waals surface area contributed by atoms with Crippen molar-refractivity contribution < 1.29 is 31.2 Å². The summed E-state index contributed by atoms with van der Waals surface area (Å²) < 4.78 is 69.5. The van der Waals surface area contributed by atoms with E-state index < -0.39 is 52.4 Å². The fourth-order valence-corrected chi connectivity index (χ4v) is 5.48. The molecule has 0 radical (unpaired) electrons. The molecule has 2 amide bonds. The van der Waals surface area contributed by atoms with Crippen molar-refractivity contribution in [3.8, 4) is 0 Å². The fourth-order valence-electron chi connectivity index (χ4n) is 4.43. The normalized spacial score (nSPS) is 18.7. The van der Waals surface area contributed by atoms with Crippen LogP contribution in [0.15, 0.2) is 48.5 Å². The van der Waals surface area contributed by atoms with Gasteiger partial charge in [-0.05, 0) is 49.1 Å². The minimum Gasteiger partial charge on any atom is -0.351 e. The number of anilines is 1. The number of carbonyl (C=O) groups excluding carboxylic acids is 2. The molecule has 1 atom stereocenters. The topological polar surface area (TPSA) is 98.6 Å². The Morgan fingerprint density at radius 1 is 1.11 bits per heavy atom. The zero-order valence-electron chi connectivity index (χ0n) is 20.3. The second kappa shape index (κ2) is 10.8. The zero-order chi connectivity index (χ0) is 26.8. The van der Waals surface area contributed by atoms with E-state index in [-0.39, 0.29) is 31.4 Å². The monoisotopic (exact) mass is 538 g/mol. The van der Waals surface area contributed by atoms with Crippen LogP contribution in [0.5, 0.6) is 0 Å². The largest absolute Gasteiger partial charge is 0.351 e. The number of rotatable bonds is 9. The van der Waals surface area contributed by atoms with Crippen molar-refractivity contribution in [3.05, 3.63) is 65.5 Å². The van der Waals surface area contributed by atoms with E-state index in [2.05, 4.69) is 10.0 Å². The maximum Gasteiger partial charge on any atom is 0.280 e. The van der Waals surface area contributed by atoms with E-state index >= 15 is 0 Å². The molecule has 200 valence electrons. The van der Waals surface area contributed by atoms with Gasteiger partial charge in [0, 0.05) is 37.7 Å². The van der Waals surface area contributed by atoms with Crippen molar-refractivity contribution in [2.45, 2.75) is 50.6 Å². The van der Waals surface area contributed by atoms with Crippen molar-refractivity contribution in [2.75, 3.05) is 24.5 Å². The Hall–Kier alpha value is -2.96. The average molecular weight is 539 g/mol. The molecule has 2 aromatic carbocycles. The average Bonchev–Trinajstić information content (AvgIpc) is 3.69. The molecule has 1 aliphatic carbocycles. The van der Waals surface area contributed by atoms with E-state index in [9.17, 15) is 31.2 Å². The third-order valence-electron chi connectivity index (χ3n) is 6.56. The van der Waals surface area contributed by atoms with Crippen molar-refractivity contribution in [1.29, 1.82) is 0 Å². The van der Waals surface area contributed by atoms with Crippen LogP contribution in [0.3, 0.4) is 0 Å². The number of alkyl halides is 2. The van der Waals surface area contributed by atoms with Gasteiger partial charge in [0.15, 0.2) is 0 Å². The van der Waals surface area contributed by atoms with Gasteiger partial charge in [-0.15, -0.1) is 0 Å². The highest BCUT2D eigenvalue weighted by Crippen LogP contribution is 2.35. The van der Waals surface area contributed by atoms with Gasteiger partial charge in [-0.1, -0.05) is 30.3 Å². The van der Waals surface area contributed by atoms with Crippen molar-refractivity contribution in [1.82, 2.24) is 14.3 Å². The molecule has 2 aromatic rings. The van der Waals surface area contributed by atoms with Gasteiger partial charge in [0.2, 0.25) is 17.7 Å². The third kappa shape index (κ3) is 6.68. The number of nitrogens with one attached hydrogen (secondary N) is 2. The molecule has 0 aromatic heterocycles. The summed E-state index contributed by atoms with van der Waals surface area (Å²) in [6.07, 6.45) is -0.582. The van der Waals surface area contributed by atoms with Crippen LogP contribution in [-0.4, -0.2) is 56.1 Å². The van der Waals surface area contributed by atoms with Gasteiger partial charge in [-0.2, -0.15) is 17.4 Å². The molecule has 1 unspecified atom stereocenters. The molecule has 12 heteroatoms. The number of amides is 2. The Morgan fingerprint density at radius 3 is 2.41 bits per heavy atom. The number of carbonyl (C=O) groups is 2. The first kappa shape index (κ1) is 27.1. The Labute approximate surface area is 214 Å². The predicted octanol–water partition coefficient (Wildman–Crippen LogP) is 3.05. The number of benzene rings is 2. The lowest BCUT2D eigenvalue weighted by Gasteiger charge is -2.35. The molecular formula is C25H29F3N4O4S. The first-order chi connectivity index (χ1) is 17.5. The summed E-state index contributed by atoms with van der Waals surface area (Å²) in [7, 11) is -3.87. The molecule has 8 nitrogen and oxygen atoms in total. The molecule has 1 saturated heterocycles. The summed E-state index contributed by atoms with van der Waals surface area (Å²) in [5, 5.41) is 2.80. The van der Waals surface area contributed by atoms with E-state index in [0.717, 1.165) is 15.3 Å². The van der Waals surface area contributed by atoms with Crippen LogP contribution in [0.4, 0.5) is 18.9 Å². The number of halogens is 3. The summed E-state index contributed by atoms with van der Waals surface area (Å²) in [5.41, 5.74) is 1.15. The lowest BCUT2D eigenvalue weighted by molar-refractivity contribution is -0.127. The minimum absolute atomic E-state index is 0.0505. The molecule has 1 heterocycles. The molecule has 2 N–H and O–H groups in total. The third-order valence-corrected chi connectivity index (χ3v) is 8.11. The quantitative estimate of drug-likeness (QED) is 0.480. The number of hydrogen-bond acceptors (Lipinski definition) is 4. The van der Waals surface area contributed by atoms with E-state index in [0.29, 0.717) is 24.2 Å². The van der Waals surface area contributed by atoms with Gasteiger partial charge in [0.05, 0.1) is 6.54 Å². The lowest BCUT2D eigenvalue weighted by Crippen LogP contribution is -2.50. The maximum absolute atomic E-state index is 14.2. The van der Waals surface area contributed by atoms with E-state index in [4.69, 9.17) is 0 Å². The number of nitrogens with zero attached hydrogens (tertiary/aromatic N) is 2. The molecule has 2 aliphatic rings. The number of hydrogen-bond donors (Lipinski definition) is 2. The fraction of sp³-hybridized carbons (Fsp3) is 0.440. The van der Waals surface area contributed by atoms with Crippen LogP contribution in [0.2, 0.25) is 0 Å². The first-order valence-electron chi connectivity index (χ1n) is 12.0. The molecule has 37 heavy (non-hydrogen) atoms. The SMILES string of the molecule is Cc1ccccc1C(C(=O)NC1CCC(F)(F)CC1)N(C(=O)CNS(=O)(=O)N1CC1)c1cccc(F)c1. The van der Waals surface area contributed by atoms with Crippen molar-refractivity contribution in [2.24, 2.45) is 0 Å². The summed E-state index contributed by atoms with van der Waals surface area (Å²) >= 11 is 0. The predicted molar refractivity (Wildman–Crippen MR) is 132 cm³/mol. The maximum atomic E-state index is 14.2. The van der Waals surface area contributed by atoms with Gasteiger partial charge in [0.25, 0.3) is 10.2 Å². The Balaban J connectivity index is 1.69. The summed E-state index contributed by atoms with van der Waals surface area (Å²) in [6.45, 7) is 1.76. The standard InChI is InChI=1S/C25H29F3N4O4S/c1-17-5-2-3-8-21(17)23(24(34)30-19-9-11-25(27,28)12-10-19)32(20-7-4-6-18(26)15-20)22(33)16-29-37(35,36)31-13-14-31/h2-8,15,19,23,29H,9-14,16H2,1H3,(H,30,34). The molecule has 1 aliphatic heterocycles. The van der Waals surface area contributed by atoms with Gasteiger partial charge in [0.1, 0.15) is 11.9 Å². The summed E-state index contributed by atoms with van der Waals surface area (Å²) in [4.78, 5) is 28.3. The minimum atomic E-state index is -3.87. The Kier molecular flexibility index (Phi) is 7.91. The van der Waals surface area contributed by atoms with Crippen LogP contribution in [0, 0.1) is 12.7 Å². The van der Waals surface area contributed by atoms with Crippen LogP contribution in [0.1, 0.15) is 42.9 Å². The molecular weight excluding hydrogens is 509 g/mol. The van der Waals surface area contributed by atoms with Crippen LogP contribution in [0.25, 0.3) is 0 Å². The van der Waals surface area contributed by atoms with Gasteiger partial charge in [-0.3, -0.25) is 14.5 Å². The summed E-state index contributed by atoms with van der Waals surface area (Å²) in [5.74, 6) is -4.85. The lowest BCUT2D eigenvalue weighted by atomic mass is 9.91. The Bertz CT molecular complexity index is 1260. The Morgan fingerprint density at radius 2 is 1.78 bits per heavy atom. The summed E-state index contributed by atoms with van der Waals surface area (Å²) in [6, 6.07) is 10.1. The highest BCUT2D eigenvalue weighted by Gasteiger charge is 2.39. The van der Waals surface area contributed by atoms with E-state index in [1.165, 1.54) is 18.2 Å². The van der Waals surface area contributed by atoms with Gasteiger partial charge >= 0.3 is 0 Å². The van der Waals surface area contributed by atoms with Gasteiger partial charge < -0.3 is 5.32 Å². The molecule has 2 fully saturated rings. The highest BCUT2D eigenvalue weighted by atomic mass is 32.2. The molecule has 0 bridgehead atoms. The zero-order valence-corrected chi connectivity index (χ0v) is 21.1. The first-order valence-corrected chi connectivity index (χ1v) is 13.5. The van der Waals surface area contributed by atoms with Gasteiger partial charge in [-0.25, -0.2) is 13.2 Å². The van der Waals surface area contributed by atoms with E-state index in [1.54, 1.807) is 31.2 Å². The van der Waals surface area contributed by atoms with E-state index in [1.807, 2.05) is 0 Å². The smallest absolute Gasteiger partial charge is 0.280 e. The molecule has 0 spiro atoms. The van der Waals surface area contributed by atoms with Crippen molar-refractivity contribution >= 4 is 27.7 Å². The van der Waals surface area contributed by atoms with Crippen LogP contribution in [-0.2, 0) is 19.8 Å². The molecule has 1 saturated carbocycles. The molecule has 4 rings (SSSR count). The van der Waals surface area contributed by atoms with Crippen LogP contribution >= 0.6 is 0 Å².